The van der Waals surface area contributed by atoms with Gasteiger partial charge in [-0.2, -0.15) is 0 Å². The minimum atomic E-state index is -1.04. The molecular weight excluding hydrogens is 138 g/mol. The fourth-order valence-electron chi connectivity index (χ4n) is 0.217. The maximum Gasteiger partial charge on any atom is 0.515 e. The first-order valence-electron chi connectivity index (χ1n) is 2.63. The number of nitrogens with two attached hydrogens (primary N) is 1. The van der Waals surface area contributed by atoms with Gasteiger partial charge >= 0.3 is 12.1 Å². The topological polar surface area (TPSA) is 78.6 Å². The van der Waals surface area contributed by atoms with Gasteiger partial charge in [-0.15, -0.1) is 0 Å². The molecule has 0 aromatic carbocycles. The summed E-state index contributed by atoms with van der Waals surface area (Å²) in [6.45, 7) is 1.41. The molecule has 0 amide bonds. The van der Waals surface area contributed by atoms with E-state index in [1.807, 2.05) is 0 Å². The first kappa shape index (κ1) is 8.90. The van der Waals surface area contributed by atoms with E-state index in [1.54, 1.807) is 0 Å². The zero-order valence-electron chi connectivity index (χ0n) is 5.79. The molecule has 0 bridgehead atoms. The van der Waals surface area contributed by atoms with E-state index in [0.29, 0.717) is 0 Å². The van der Waals surface area contributed by atoms with Crippen LogP contribution < -0.4 is 5.73 Å². The molecule has 0 aliphatic heterocycles. The molecule has 0 aliphatic carbocycles. The van der Waals surface area contributed by atoms with Crippen LogP contribution in [0.5, 0.6) is 0 Å². The van der Waals surface area contributed by atoms with Crippen molar-refractivity contribution in [2.45, 2.75) is 13.0 Å². The second-order valence-electron chi connectivity index (χ2n) is 1.66. The van der Waals surface area contributed by atoms with Crippen molar-refractivity contribution in [2.24, 2.45) is 5.73 Å². The highest BCUT2D eigenvalue weighted by atomic mass is 16.7. The van der Waals surface area contributed by atoms with Gasteiger partial charge in [-0.05, 0) is 6.92 Å². The van der Waals surface area contributed by atoms with E-state index in [9.17, 15) is 9.59 Å². The minimum absolute atomic E-state index is 0.799. The lowest BCUT2D eigenvalue weighted by atomic mass is 10.4. The van der Waals surface area contributed by atoms with E-state index < -0.39 is 18.2 Å². The molecule has 0 fully saturated rings. The number of methoxy groups -OCH3 is 1. The lowest BCUT2D eigenvalue weighted by molar-refractivity contribution is -0.140. The van der Waals surface area contributed by atoms with E-state index >= 15 is 0 Å². The van der Waals surface area contributed by atoms with Crippen LogP contribution in [0.1, 0.15) is 6.92 Å². The molecule has 0 heterocycles. The molecule has 0 spiro atoms. The Labute approximate surface area is 58.1 Å². The zero-order valence-corrected chi connectivity index (χ0v) is 5.79. The third-order valence-corrected chi connectivity index (χ3v) is 0.722. The number of carbonyl (C=O) groups excluding carboxylic acids is 2. The molecule has 0 unspecified atom stereocenters. The Morgan fingerprint density at radius 2 is 2.00 bits per heavy atom. The van der Waals surface area contributed by atoms with Crippen LogP contribution in [0.3, 0.4) is 0 Å². The average molecular weight is 147 g/mol. The predicted octanol–water partition coefficient (Wildman–Crippen LogP) is -0.357. The van der Waals surface area contributed by atoms with Gasteiger partial charge in [-0.25, -0.2) is 9.59 Å². The fourth-order valence-corrected chi connectivity index (χ4v) is 0.217. The molecule has 0 aliphatic rings. The van der Waals surface area contributed by atoms with Crippen molar-refractivity contribution in [1.82, 2.24) is 0 Å². The normalized spacial score (nSPS) is 11.9. The monoisotopic (exact) mass is 147 g/mol. The summed E-state index contributed by atoms with van der Waals surface area (Å²) in [5, 5.41) is 0. The predicted molar refractivity (Wildman–Crippen MR) is 32.1 cm³/mol. The van der Waals surface area contributed by atoms with Crippen molar-refractivity contribution in [3.8, 4) is 0 Å². The molecule has 0 saturated carbocycles. The van der Waals surface area contributed by atoms with Gasteiger partial charge < -0.3 is 15.2 Å². The summed E-state index contributed by atoms with van der Waals surface area (Å²) in [5.74, 6) is -0.799. The van der Waals surface area contributed by atoms with Crippen LogP contribution in [0.2, 0.25) is 0 Å². The number of rotatable bonds is 1. The summed E-state index contributed by atoms with van der Waals surface area (Å²) in [7, 11) is 1.11. The molecule has 0 radical (unpaired) electrons. The summed E-state index contributed by atoms with van der Waals surface area (Å²) in [5.41, 5.74) is 5.06. The Morgan fingerprint density at radius 3 is 2.30 bits per heavy atom. The van der Waals surface area contributed by atoms with E-state index in [4.69, 9.17) is 5.73 Å². The Bertz CT molecular complexity index is 143. The Morgan fingerprint density at radius 1 is 1.50 bits per heavy atom. The van der Waals surface area contributed by atoms with E-state index in [-0.39, 0.29) is 0 Å². The molecule has 58 valence electrons. The summed E-state index contributed by atoms with van der Waals surface area (Å²) in [6, 6.07) is -0.806. The van der Waals surface area contributed by atoms with Crippen molar-refractivity contribution >= 4 is 12.1 Å². The highest BCUT2D eigenvalue weighted by Gasteiger charge is 2.13. The molecule has 0 rings (SSSR count). The quantitative estimate of drug-likeness (QED) is 0.405. The summed E-state index contributed by atoms with van der Waals surface area (Å²) >= 11 is 0. The Balaban J connectivity index is 3.69. The van der Waals surface area contributed by atoms with Crippen molar-refractivity contribution in [3.05, 3.63) is 0 Å². The smallest absolute Gasteiger partial charge is 0.437 e. The number of hydrogen-bond acceptors (Lipinski definition) is 5. The maximum absolute atomic E-state index is 10.5. The van der Waals surface area contributed by atoms with Crippen LogP contribution in [0, 0.1) is 0 Å². The van der Waals surface area contributed by atoms with Crippen LogP contribution in [0.15, 0.2) is 0 Å². The van der Waals surface area contributed by atoms with Crippen LogP contribution in [0.25, 0.3) is 0 Å². The van der Waals surface area contributed by atoms with Gasteiger partial charge in [0.1, 0.15) is 6.04 Å². The largest absolute Gasteiger partial charge is 0.515 e. The molecular formula is C5H9NO4. The molecule has 2 N–H and O–H groups in total. The summed E-state index contributed by atoms with van der Waals surface area (Å²) in [6.07, 6.45) is -1.04. The molecule has 0 aromatic rings. The van der Waals surface area contributed by atoms with Crippen molar-refractivity contribution in [2.75, 3.05) is 7.11 Å². The van der Waals surface area contributed by atoms with Crippen LogP contribution in [-0.2, 0) is 14.3 Å². The number of carbonyl (C=O) groups is 2. The van der Waals surface area contributed by atoms with Gasteiger partial charge in [-0.1, -0.05) is 0 Å². The molecule has 1 atom stereocenters. The average Bonchev–Trinajstić information content (AvgIpc) is 1.87. The zero-order chi connectivity index (χ0) is 8.15. The van der Waals surface area contributed by atoms with Crippen LogP contribution >= 0.6 is 0 Å². The number of esters is 1. The fraction of sp³-hybridized carbons (Fsp3) is 0.600. The first-order valence-corrected chi connectivity index (χ1v) is 2.63. The molecule has 10 heavy (non-hydrogen) atoms. The molecule has 0 aromatic heterocycles. The number of hydrogen-bond donors (Lipinski definition) is 1. The maximum atomic E-state index is 10.5. The number of ether oxygens (including phenoxy) is 2. The van der Waals surface area contributed by atoms with Gasteiger partial charge in [0.05, 0.1) is 7.11 Å². The third-order valence-electron chi connectivity index (χ3n) is 0.722. The van der Waals surface area contributed by atoms with Crippen molar-refractivity contribution in [1.29, 1.82) is 0 Å². The van der Waals surface area contributed by atoms with Crippen LogP contribution in [-0.4, -0.2) is 25.3 Å². The van der Waals surface area contributed by atoms with Crippen LogP contribution in [0.4, 0.5) is 4.79 Å². The third kappa shape index (κ3) is 3.03. The Hall–Kier alpha value is -1.10. The van der Waals surface area contributed by atoms with Crippen molar-refractivity contribution < 1.29 is 19.1 Å². The standard InChI is InChI=1S/C5H9NO4/c1-3(6)4(7)10-5(8)9-2/h3H,6H2,1-2H3/t3-/m0/s1. The van der Waals surface area contributed by atoms with E-state index in [0.717, 1.165) is 7.11 Å². The first-order chi connectivity index (χ1) is 4.57. The highest BCUT2D eigenvalue weighted by molar-refractivity contribution is 5.84. The SMILES string of the molecule is COC(=O)OC(=O)[C@H](C)N. The lowest BCUT2D eigenvalue weighted by Crippen LogP contribution is -2.30. The highest BCUT2D eigenvalue weighted by Crippen LogP contribution is 1.86. The molecule has 0 saturated heterocycles. The lowest BCUT2D eigenvalue weighted by Gasteiger charge is -2.02. The van der Waals surface area contributed by atoms with Gasteiger partial charge in [0.2, 0.25) is 0 Å². The second-order valence-corrected chi connectivity index (χ2v) is 1.66. The summed E-state index contributed by atoms with van der Waals surface area (Å²) < 4.78 is 8.07. The van der Waals surface area contributed by atoms with Gasteiger partial charge in [-0.3, -0.25) is 0 Å². The molecule has 5 nitrogen and oxygen atoms in total. The second kappa shape index (κ2) is 3.84. The van der Waals surface area contributed by atoms with E-state index in [2.05, 4.69) is 9.47 Å². The Kier molecular flexibility index (Phi) is 3.42. The molecule has 5 heteroatoms. The minimum Gasteiger partial charge on any atom is -0.437 e. The van der Waals surface area contributed by atoms with Crippen molar-refractivity contribution in [3.63, 3.8) is 0 Å². The van der Waals surface area contributed by atoms with Gasteiger partial charge in [0, 0.05) is 0 Å². The van der Waals surface area contributed by atoms with E-state index in [1.165, 1.54) is 6.92 Å². The van der Waals surface area contributed by atoms with Gasteiger partial charge in [0.25, 0.3) is 0 Å². The van der Waals surface area contributed by atoms with Gasteiger partial charge in [0.15, 0.2) is 0 Å². The summed E-state index contributed by atoms with van der Waals surface area (Å²) in [4.78, 5) is 20.7.